The minimum Gasteiger partial charge on any atom is -0.444 e. The number of imidazole rings is 1. The van der Waals surface area contributed by atoms with Crippen molar-refractivity contribution in [3.63, 3.8) is 0 Å². The van der Waals surface area contributed by atoms with Crippen LogP contribution in [-0.4, -0.2) is 45.3 Å². The summed E-state index contributed by atoms with van der Waals surface area (Å²) in [6.07, 6.45) is 2.38. The van der Waals surface area contributed by atoms with E-state index in [1.165, 1.54) is 0 Å². The lowest BCUT2D eigenvalue weighted by Crippen LogP contribution is -2.36. The Morgan fingerprint density at radius 3 is 2.78 bits per heavy atom. The van der Waals surface area contributed by atoms with Crippen molar-refractivity contribution in [2.75, 3.05) is 13.1 Å². The van der Waals surface area contributed by atoms with Crippen molar-refractivity contribution in [1.82, 2.24) is 19.8 Å². The van der Waals surface area contributed by atoms with Gasteiger partial charge in [0.15, 0.2) is 0 Å². The summed E-state index contributed by atoms with van der Waals surface area (Å²) >= 11 is 6.04. The molecule has 2 rings (SSSR count). The van der Waals surface area contributed by atoms with Gasteiger partial charge in [-0.25, -0.2) is 9.78 Å². The maximum atomic E-state index is 11.7. The van der Waals surface area contributed by atoms with E-state index in [1.54, 1.807) is 6.20 Å². The minimum absolute atomic E-state index is 0.348. The highest BCUT2D eigenvalue weighted by Gasteiger charge is 2.30. The van der Waals surface area contributed by atoms with Crippen molar-refractivity contribution in [3.8, 4) is 0 Å². The van der Waals surface area contributed by atoms with Crippen molar-refractivity contribution < 1.29 is 9.53 Å². The van der Waals surface area contributed by atoms with E-state index >= 15 is 0 Å². The predicted octanol–water partition coefficient (Wildman–Crippen LogP) is 2.81. The average molecular weight is 343 g/mol. The Kier molecular flexibility index (Phi) is 5.57. The molecule has 1 aliphatic rings. The number of amides is 1. The number of rotatable bonds is 4. The number of aromatic nitrogens is 2. The zero-order chi connectivity index (χ0) is 17.2. The fourth-order valence-corrected chi connectivity index (χ4v) is 3.03. The number of halogens is 1. The van der Waals surface area contributed by atoms with Gasteiger partial charge in [-0.2, -0.15) is 0 Å². The molecule has 23 heavy (non-hydrogen) atoms. The second-order valence-electron chi connectivity index (χ2n) is 7.32. The monoisotopic (exact) mass is 342 g/mol. The molecule has 0 saturated carbocycles. The fourth-order valence-electron chi connectivity index (χ4n) is 2.88. The van der Waals surface area contributed by atoms with Crippen LogP contribution in [-0.2, 0) is 18.3 Å². The van der Waals surface area contributed by atoms with Gasteiger partial charge < -0.3 is 14.6 Å². The topological polar surface area (TPSA) is 59.4 Å². The van der Waals surface area contributed by atoms with Crippen LogP contribution in [0.15, 0.2) is 6.20 Å². The van der Waals surface area contributed by atoms with Gasteiger partial charge in [-0.15, -0.1) is 0 Å². The predicted molar refractivity (Wildman–Crippen MR) is 90.4 cm³/mol. The lowest BCUT2D eigenvalue weighted by atomic mass is 10.1. The number of ether oxygens (including phenoxy) is 1. The zero-order valence-electron chi connectivity index (χ0n) is 14.6. The number of nitrogens with zero attached hydrogens (tertiary/aromatic N) is 3. The van der Waals surface area contributed by atoms with Gasteiger partial charge in [0.2, 0.25) is 0 Å². The molecule has 0 aliphatic carbocycles. The van der Waals surface area contributed by atoms with Gasteiger partial charge in [-0.1, -0.05) is 11.6 Å². The highest BCUT2D eigenvalue weighted by Crippen LogP contribution is 2.24. The summed E-state index contributed by atoms with van der Waals surface area (Å²) in [6.45, 7) is 10.1. The number of hydrogen-bond donors (Lipinski definition) is 1. The first-order valence-corrected chi connectivity index (χ1v) is 8.40. The third-order valence-electron chi connectivity index (χ3n) is 4.10. The molecule has 0 spiro atoms. The van der Waals surface area contributed by atoms with Crippen LogP contribution in [0.25, 0.3) is 0 Å². The summed E-state index contributed by atoms with van der Waals surface area (Å²) < 4.78 is 7.18. The Labute approximate surface area is 143 Å². The number of hydrogen-bond acceptors (Lipinski definition) is 4. The maximum Gasteiger partial charge on any atom is 0.407 e. The summed E-state index contributed by atoms with van der Waals surface area (Å²) in [5.74, 6) is 1.39. The van der Waals surface area contributed by atoms with E-state index in [0.29, 0.717) is 23.7 Å². The number of carbonyl (C=O) groups is 1. The Morgan fingerprint density at radius 1 is 1.52 bits per heavy atom. The molecule has 1 saturated heterocycles. The van der Waals surface area contributed by atoms with E-state index in [-0.39, 0.29) is 6.09 Å². The van der Waals surface area contributed by atoms with Crippen LogP contribution in [0.4, 0.5) is 4.79 Å². The van der Waals surface area contributed by atoms with E-state index in [0.717, 1.165) is 25.3 Å². The number of nitrogens with one attached hydrogen (secondary N) is 1. The summed E-state index contributed by atoms with van der Waals surface area (Å²) in [5.41, 5.74) is -0.462. The van der Waals surface area contributed by atoms with Crippen LogP contribution in [0.5, 0.6) is 0 Å². The number of likely N-dealkylation sites (tertiary alicyclic amines) is 1. The van der Waals surface area contributed by atoms with Gasteiger partial charge in [-0.05, 0) is 40.0 Å². The van der Waals surface area contributed by atoms with Gasteiger partial charge in [-0.3, -0.25) is 4.90 Å². The van der Waals surface area contributed by atoms with Crippen molar-refractivity contribution in [3.05, 3.63) is 17.2 Å². The highest BCUT2D eigenvalue weighted by molar-refractivity contribution is 6.29. The quantitative estimate of drug-likeness (QED) is 0.914. The molecule has 0 aromatic carbocycles. The third-order valence-corrected chi connectivity index (χ3v) is 4.45. The number of carbonyl (C=O) groups excluding carboxylic acids is 1. The third kappa shape index (κ3) is 5.11. The van der Waals surface area contributed by atoms with Gasteiger partial charge in [0.05, 0.1) is 12.7 Å². The molecule has 130 valence electrons. The molecule has 2 unspecified atom stereocenters. The second kappa shape index (κ2) is 7.09. The van der Waals surface area contributed by atoms with E-state index in [2.05, 4.69) is 22.1 Å². The Bertz CT molecular complexity index is 553. The Balaban J connectivity index is 1.82. The van der Waals surface area contributed by atoms with Crippen molar-refractivity contribution in [2.45, 2.75) is 52.3 Å². The van der Waals surface area contributed by atoms with E-state index in [1.807, 2.05) is 32.4 Å². The lowest BCUT2D eigenvalue weighted by molar-refractivity contribution is 0.0519. The smallest absolute Gasteiger partial charge is 0.407 e. The first-order valence-electron chi connectivity index (χ1n) is 8.02. The molecule has 1 N–H and O–H groups in total. The normalized spacial score (nSPS) is 22.3. The average Bonchev–Trinajstić information content (AvgIpc) is 2.92. The SMILES string of the molecule is CC1CC(CNC(=O)OC(C)(C)C)CN1Cc1ncc(Cl)n1C. The zero-order valence-corrected chi connectivity index (χ0v) is 15.4. The maximum absolute atomic E-state index is 11.7. The van der Waals surface area contributed by atoms with Crippen LogP contribution in [0, 0.1) is 5.92 Å². The molecule has 1 amide bonds. The van der Waals surface area contributed by atoms with E-state index in [9.17, 15) is 4.79 Å². The molecular weight excluding hydrogens is 316 g/mol. The summed E-state index contributed by atoms with van der Waals surface area (Å²) in [7, 11) is 1.92. The Morgan fingerprint density at radius 2 is 2.22 bits per heavy atom. The minimum atomic E-state index is -0.462. The largest absolute Gasteiger partial charge is 0.444 e. The summed E-state index contributed by atoms with van der Waals surface area (Å²) in [6, 6.07) is 0.455. The molecular formula is C16H27ClN4O2. The summed E-state index contributed by atoms with van der Waals surface area (Å²) in [4.78, 5) is 18.5. The summed E-state index contributed by atoms with van der Waals surface area (Å²) in [5, 5.41) is 3.52. The van der Waals surface area contributed by atoms with E-state index in [4.69, 9.17) is 16.3 Å². The first kappa shape index (κ1) is 18.1. The van der Waals surface area contributed by atoms with Gasteiger partial charge in [0.1, 0.15) is 16.6 Å². The van der Waals surface area contributed by atoms with E-state index < -0.39 is 5.60 Å². The van der Waals surface area contributed by atoms with Crippen LogP contribution < -0.4 is 5.32 Å². The Hall–Kier alpha value is -1.27. The van der Waals surface area contributed by atoms with Crippen molar-refractivity contribution in [2.24, 2.45) is 13.0 Å². The van der Waals surface area contributed by atoms with Crippen LogP contribution in [0.1, 0.15) is 39.9 Å². The molecule has 1 aromatic heterocycles. The number of alkyl carbamates (subject to hydrolysis) is 1. The van der Waals surface area contributed by atoms with Crippen molar-refractivity contribution in [1.29, 1.82) is 0 Å². The van der Waals surface area contributed by atoms with Crippen molar-refractivity contribution >= 4 is 17.7 Å². The first-order chi connectivity index (χ1) is 10.7. The molecule has 0 bridgehead atoms. The molecule has 1 fully saturated rings. The highest BCUT2D eigenvalue weighted by atomic mass is 35.5. The lowest BCUT2D eigenvalue weighted by Gasteiger charge is -2.21. The standard InChI is InChI=1S/C16H27ClN4O2/c1-11-6-12(7-19-15(22)23-16(2,3)4)9-21(11)10-14-18-8-13(17)20(14)5/h8,11-12H,6-7,9-10H2,1-5H3,(H,19,22). The van der Waals surface area contributed by atoms with Crippen LogP contribution in [0.2, 0.25) is 5.15 Å². The molecule has 0 radical (unpaired) electrons. The molecule has 1 aliphatic heterocycles. The molecule has 1 aromatic rings. The fraction of sp³-hybridized carbons (Fsp3) is 0.750. The molecule has 6 nitrogen and oxygen atoms in total. The van der Waals surface area contributed by atoms with Gasteiger partial charge >= 0.3 is 6.09 Å². The molecule has 7 heteroatoms. The van der Waals surface area contributed by atoms with Gasteiger partial charge in [0, 0.05) is 26.2 Å². The van der Waals surface area contributed by atoms with Gasteiger partial charge in [0.25, 0.3) is 0 Å². The molecule has 2 heterocycles. The van der Waals surface area contributed by atoms with Crippen LogP contribution >= 0.6 is 11.6 Å². The second-order valence-corrected chi connectivity index (χ2v) is 7.71. The molecule has 2 atom stereocenters. The van der Waals surface area contributed by atoms with Crippen LogP contribution in [0.3, 0.4) is 0 Å².